The molecular formula is C17H26N5O2+. The lowest BCUT2D eigenvalue weighted by atomic mass is 9.96. The standard InChI is InChI=1S/C17H25N5O2/c1-2-20-8-10-21(11-9-20)16(23)14-4-3-7-22(13-14)17(24)15-12-18-5-6-19-15/h5-6,12,14H,2-4,7-11,13H2,1H3/p+1/t14-/m0/s1. The number of aromatic nitrogens is 2. The molecule has 24 heavy (non-hydrogen) atoms. The Balaban J connectivity index is 1.59. The lowest BCUT2D eigenvalue weighted by Crippen LogP contribution is -3.14. The van der Waals surface area contributed by atoms with E-state index in [1.807, 2.05) is 4.90 Å². The average Bonchev–Trinajstić information content (AvgIpc) is 2.67. The zero-order valence-electron chi connectivity index (χ0n) is 14.3. The van der Waals surface area contributed by atoms with Crippen molar-refractivity contribution in [3.05, 3.63) is 24.3 Å². The molecule has 7 heteroatoms. The van der Waals surface area contributed by atoms with Gasteiger partial charge in [-0.2, -0.15) is 0 Å². The molecule has 0 radical (unpaired) electrons. The number of piperazine rings is 1. The van der Waals surface area contributed by atoms with Gasteiger partial charge in [0.15, 0.2) is 0 Å². The van der Waals surface area contributed by atoms with Gasteiger partial charge in [0.05, 0.1) is 44.8 Å². The summed E-state index contributed by atoms with van der Waals surface area (Å²) in [5, 5.41) is 0. The Bertz CT molecular complexity index is 572. The number of carbonyl (C=O) groups is 2. The number of hydrogen-bond donors (Lipinski definition) is 1. The van der Waals surface area contributed by atoms with Crippen LogP contribution in [0.1, 0.15) is 30.3 Å². The quantitative estimate of drug-likeness (QED) is 0.777. The first kappa shape index (κ1) is 16.8. The van der Waals surface area contributed by atoms with Crippen LogP contribution < -0.4 is 4.90 Å². The molecule has 0 bridgehead atoms. The number of piperidine rings is 1. The molecular weight excluding hydrogens is 306 g/mol. The van der Waals surface area contributed by atoms with Gasteiger partial charge in [0, 0.05) is 25.5 Å². The van der Waals surface area contributed by atoms with Gasteiger partial charge in [0.25, 0.3) is 5.91 Å². The van der Waals surface area contributed by atoms with E-state index >= 15 is 0 Å². The Morgan fingerprint density at radius 3 is 2.67 bits per heavy atom. The molecule has 0 spiro atoms. The topological polar surface area (TPSA) is 70.8 Å². The van der Waals surface area contributed by atoms with E-state index in [1.54, 1.807) is 16.0 Å². The molecule has 2 aliphatic rings. The number of quaternary nitrogens is 1. The van der Waals surface area contributed by atoms with Crippen LogP contribution in [0.2, 0.25) is 0 Å². The Kier molecular flexibility index (Phi) is 5.40. The summed E-state index contributed by atoms with van der Waals surface area (Å²) in [6.45, 7) is 8.19. The number of nitrogens with one attached hydrogen (secondary N) is 1. The van der Waals surface area contributed by atoms with Crippen molar-refractivity contribution in [2.45, 2.75) is 19.8 Å². The largest absolute Gasteiger partial charge is 0.336 e. The molecule has 1 aromatic heterocycles. The van der Waals surface area contributed by atoms with Crippen LogP contribution in [-0.2, 0) is 4.79 Å². The van der Waals surface area contributed by atoms with Crippen LogP contribution in [0, 0.1) is 5.92 Å². The van der Waals surface area contributed by atoms with Gasteiger partial charge < -0.3 is 14.7 Å². The van der Waals surface area contributed by atoms with Gasteiger partial charge in [-0.1, -0.05) is 0 Å². The molecule has 7 nitrogen and oxygen atoms in total. The van der Waals surface area contributed by atoms with Crippen LogP contribution in [-0.4, -0.2) is 77.4 Å². The van der Waals surface area contributed by atoms with Crippen LogP contribution in [0.4, 0.5) is 0 Å². The zero-order valence-corrected chi connectivity index (χ0v) is 14.3. The zero-order chi connectivity index (χ0) is 16.9. The minimum Gasteiger partial charge on any atom is -0.336 e. The van der Waals surface area contributed by atoms with E-state index in [-0.39, 0.29) is 17.7 Å². The van der Waals surface area contributed by atoms with Gasteiger partial charge in [-0.25, -0.2) is 4.98 Å². The molecule has 0 unspecified atom stereocenters. The Morgan fingerprint density at radius 1 is 1.21 bits per heavy atom. The maximum absolute atomic E-state index is 12.8. The Morgan fingerprint density at radius 2 is 2.00 bits per heavy atom. The van der Waals surface area contributed by atoms with E-state index in [0.29, 0.717) is 18.8 Å². The van der Waals surface area contributed by atoms with Crippen LogP contribution >= 0.6 is 0 Å². The van der Waals surface area contributed by atoms with Crippen molar-refractivity contribution in [2.75, 3.05) is 45.8 Å². The summed E-state index contributed by atoms with van der Waals surface area (Å²) < 4.78 is 0. The predicted octanol–water partition coefficient (Wildman–Crippen LogP) is -0.924. The van der Waals surface area contributed by atoms with E-state index < -0.39 is 0 Å². The normalized spacial score (nSPS) is 22.5. The second kappa shape index (κ2) is 7.70. The molecule has 0 aliphatic carbocycles. The Hall–Kier alpha value is -2.02. The summed E-state index contributed by atoms with van der Waals surface area (Å²) in [6.07, 6.45) is 6.29. The number of carbonyl (C=O) groups excluding carboxylic acids is 2. The first-order valence-electron chi connectivity index (χ1n) is 8.86. The summed E-state index contributed by atoms with van der Waals surface area (Å²) >= 11 is 0. The molecule has 1 atom stereocenters. The van der Waals surface area contributed by atoms with E-state index in [9.17, 15) is 9.59 Å². The van der Waals surface area contributed by atoms with E-state index in [2.05, 4.69) is 16.9 Å². The van der Waals surface area contributed by atoms with E-state index in [4.69, 9.17) is 0 Å². The molecule has 130 valence electrons. The predicted molar refractivity (Wildman–Crippen MR) is 88.5 cm³/mol. The van der Waals surface area contributed by atoms with Gasteiger partial charge in [0.2, 0.25) is 5.91 Å². The van der Waals surface area contributed by atoms with Crippen LogP contribution in [0.5, 0.6) is 0 Å². The number of likely N-dealkylation sites (N-methyl/N-ethyl adjacent to an activating group) is 1. The molecule has 2 saturated heterocycles. The highest BCUT2D eigenvalue weighted by atomic mass is 16.2. The molecule has 0 aromatic carbocycles. The van der Waals surface area contributed by atoms with Gasteiger partial charge >= 0.3 is 0 Å². The van der Waals surface area contributed by atoms with E-state index in [0.717, 1.165) is 45.6 Å². The lowest BCUT2D eigenvalue weighted by Gasteiger charge is -2.37. The summed E-state index contributed by atoms with van der Waals surface area (Å²) in [7, 11) is 0. The molecule has 2 aliphatic heterocycles. The molecule has 2 fully saturated rings. The molecule has 0 saturated carbocycles. The Labute approximate surface area is 142 Å². The third-order valence-electron chi connectivity index (χ3n) is 5.12. The molecule has 1 N–H and O–H groups in total. The minimum absolute atomic E-state index is 0.0810. The van der Waals surface area contributed by atoms with Gasteiger partial charge in [-0.15, -0.1) is 0 Å². The van der Waals surface area contributed by atoms with Gasteiger partial charge in [-0.3, -0.25) is 14.6 Å². The monoisotopic (exact) mass is 332 g/mol. The number of amides is 2. The second-order valence-corrected chi connectivity index (χ2v) is 6.61. The lowest BCUT2D eigenvalue weighted by molar-refractivity contribution is -0.902. The van der Waals surface area contributed by atoms with Crippen molar-refractivity contribution in [1.82, 2.24) is 19.8 Å². The van der Waals surface area contributed by atoms with Crippen LogP contribution in [0.3, 0.4) is 0 Å². The average molecular weight is 332 g/mol. The molecule has 3 rings (SSSR count). The molecule has 2 amide bonds. The molecule has 1 aromatic rings. The summed E-state index contributed by atoms with van der Waals surface area (Å²) in [5.74, 6) is 0.00481. The molecule has 3 heterocycles. The smallest absolute Gasteiger partial charge is 0.274 e. The van der Waals surface area contributed by atoms with Crippen molar-refractivity contribution >= 4 is 11.8 Å². The SMILES string of the molecule is CC[NH+]1CCN(C(=O)[C@H]2CCCN(C(=O)c3cnccn3)C2)CC1. The van der Waals surface area contributed by atoms with E-state index in [1.165, 1.54) is 12.4 Å². The van der Waals surface area contributed by atoms with Crippen LogP contribution in [0.25, 0.3) is 0 Å². The first-order valence-corrected chi connectivity index (χ1v) is 8.86. The second-order valence-electron chi connectivity index (χ2n) is 6.61. The van der Waals surface area contributed by atoms with Gasteiger partial charge in [-0.05, 0) is 19.8 Å². The number of hydrogen-bond acceptors (Lipinski definition) is 4. The van der Waals surface area contributed by atoms with Crippen molar-refractivity contribution in [3.63, 3.8) is 0 Å². The fraction of sp³-hybridized carbons (Fsp3) is 0.647. The number of rotatable bonds is 3. The van der Waals surface area contributed by atoms with Crippen molar-refractivity contribution in [1.29, 1.82) is 0 Å². The maximum Gasteiger partial charge on any atom is 0.274 e. The highest BCUT2D eigenvalue weighted by Gasteiger charge is 2.33. The summed E-state index contributed by atoms with van der Waals surface area (Å²) in [5.41, 5.74) is 0.353. The number of nitrogens with zero attached hydrogens (tertiary/aromatic N) is 4. The summed E-state index contributed by atoms with van der Waals surface area (Å²) in [6, 6.07) is 0. The highest BCUT2D eigenvalue weighted by Crippen LogP contribution is 2.20. The fourth-order valence-corrected chi connectivity index (χ4v) is 3.59. The number of likely N-dealkylation sites (tertiary alicyclic amines) is 1. The highest BCUT2D eigenvalue weighted by molar-refractivity contribution is 5.92. The van der Waals surface area contributed by atoms with Gasteiger partial charge in [0.1, 0.15) is 5.69 Å². The van der Waals surface area contributed by atoms with Crippen molar-refractivity contribution in [2.24, 2.45) is 5.92 Å². The van der Waals surface area contributed by atoms with Crippen molar-refractivity contribution < 1.29 is 14.5 Å². The maximum atomic E-state index is 12.8. The first-order chi connectivity index (χ1) is 11.7. The minimum atomic E-state index is -0.124. The van der Waals surface area contributed by atoms with Crippen molar-refractivity contribution in [3.8, 4) is 0 Å². The fourth-order valence-electron chi connectivity index (χ4n) is 3.59. The third-order valence-corrected chi connectivity index (χ3v) is 5.12. The third kappa shape index (κ3) is 3.72. The summed E-state index contributed by atoms with van der Waals surface area (Å²) in [4.78, 5) is 38.7. The van der Waals surface area contributed by atoms with Crippen LogP contribution in [0.15, 0.2) is 18.6 Å².